The molecular weight excluding hydrogens is 306 g/mol. The predicted molar refractivity (Wildman–Crippen MR) is 67.2 cm³/mol. The zero-order chi connectivity index (χ0) is 16.1. The second-order valence-electron chi connectivity index (χ2n) is 5.03. The van der Waals surface area contributed by atoms with Crippen molar-refractivity contribution in [1.82, 2.24) is 9.78 Å². The summed E-state index contributed by atoms with van der Waals surface area (Å²) in [5.74, 6) is -1.09. The lowest BCUT2D eigenvalue weighted by Crippen LogP contribution is -2.08. The Hall–Kier alpha value is -2.45. The van der Waals surface area contributed by atoms with Crippen molar-refractivity contribution in [3.63, 3.8) is 0 Å². The first-order valence-electron chi connectivity index (χ1n) is 6.39. The fourth-order valence-electron chi connectivity index (χ4n) is 2.18. The minimum Gasteiger partial charge on any atom is -0.258 e. The Balaban J connectivity index is 2.11. The van der Waals surface area contributed by atoms with Crippen LogP contribution in [0.15, 0.2) is 24.3 Å². The average Bonchev–Trinajstić information content (AvgIpc) is 3.16. The third-order valence-corrected chi connectivity index (χ3v) is 3.39. The number of nitro groups is 1. The zero-order valence-corrected chi connectivity index (χ0v) is 11.0. The van der Waals surface area contributed by atoms with E-state index >= 15 is 0 Å². The Kier molecular flexibility index (Phi) is 3.15. The SMILES string of the molecule is O=[N+]([O-])c1ccc(-n2nc(C(F)(F)F)cc2C2CC2)c(F)c1. The standard InChI is InChI=1S/C13H9F4N3O2/c14-9-5-8(20(21)22)3-4-10(9)19-11(7-1-2-7)6-12(18-19)13(15,16)17/h3-7H,1-2H2. The van der Waals surface area contributed by atoms with Gasteiger partial charge < -0.3 is 0 Å². The van der Waals surface area contributed by atoms with E-state index in [1.807, 2.05) is 0 Å². The highest BCUT2D eigenvalue weighted by Gasteiger charge is 2.38. The number of nitro benzene ring substituents is 1. The molecule has 0 unspecified atom stereocenters. The van der Waals surface area contributed by atoms with E-state index in [0.717, 1.165) is 22.9 Å². The largest absolute Gasteiger partial charge is 0.435 e. The number of rotatable bonds is 3. The quantitative estimate of drug-likeness (QED) is 0.491. The van der Waals surface area contributed by atoms with Gasteiger partial charge in [0.05, 0.1) is 11.0 Å². The summed E-state index contributed by atoms with van der Waals surface area (Å²) in [5, 5.41) is 14.0. The summed E-state index contributed by atoms with van der Waals surface area (Å²) >= 11 is 0. The van der Waals surface area contributed by atoms with Gasteiger partial charge in [0.1, 0.15) is 5.69 Å². The molecule has 1 aliphatic rings. The molecule has 0 aliphatic heterocycles. The van der Waals surface area contributed by atoms with Crippen LogP contribution >= 0.6 is 0 Å². The van der Waals surface area contributed by atoms with E-state index in [-0.39, 0.29) is 17.3 Å². The zero-order valence-electron chi connectivity index (χ0n) is 11.0. The maximum Gasteiger partial charge on any atom is 0.435 e. The monoisotopic (exact) mass is 315 g/mol. The molecule has 1 heterocycles. The number of hydrogen-bond donors (Lipinski definition) is 0. The second kappa shape index (κ2) is 4.79. The number of non-ortho nitro benzene ring substituents is 1. The van der Waals surface area contributed by atoms with Gasteiger partial charge in [0, 0.05) is 17.7 Å². The van der Waals surface area contributed by atoms with Crippen LogP contribution in [0.4, 0.5) is 23.2 Å². The Morgan fingerprint density at radius 1 is 1.27 bits per heavy atom. The van der Waals surface area contributed by atoms with Crippen molar-refractivity contribution in [3.8, 4) is 5.69 Å². The second-order valence-corrected chi connectivity index (χ2v) is 5.03. The molecule has 3 rings (SSSR count). The molecular formula is C13H9F4N3O2. The number of alkyl halides is 3. The van der Waals surface area contributed by atoms with E-state index < -0.39 is 28.3 Å². The van der Waals surface area contributed by atoms with Crippen LogP contribution in [0.5, 0.6) is 0 Å². The average molecular weight is 315 g/mol. The molecule has 1 fully saturated rings. The van der Waals surface area contributed by atoms with Gasteiger partial charge in [-0.05, 0) is 25.0 Å². The molecule has 1 saturated carbocycles. The third kappa shape index (κ3) is 2.53. The Morgan fingerprint density at radius 3 is 2.45 bits per heavy atom. The molecule has 1 aliphatic carbocycles. The fraction of sp³-hybridized carbons (Fsp3) is 0.308. The van der Waals surface area contributed by atoms with Gasteiger partial charge in [-0.2, -0.15) is 18.3 Å². The van der Waals surface area contributed by atoms with Gasteiger partial charge in [0.15, 0.2) is 11.5 Å². The summed E-state index contributed by atoms with van der Waals surface area (Å²) in [7, 11) is 0. The van der Waals surface area contributed by atoms with Gasteiger partial charge in [0.2, 0.25) is 0 Å². The van der Waals surface area contributed by atoms with Crippen molar-refractivity contribution in [2.45, 2.75) is 24.9 Å². The summed E-state index contributed by atoms with van der Waals surface area (Å²) in [4.78, 5) is 9.81. The lowest BCUT2D eigenvalue weighted by molar-refractivity contribution is -0.385. The molecule has 1 aromatic heterocycles. The van der Waals surface area contributed by atoms with Crippen molar-refractivity contribution < 1.29 is 22.5 Å². The molecule has 0 saturated heterocycles. The van der Waals surface area contributed by atoms with E-state index in [1.54, 1.807) is 0 Å². The number of benzene rings is 1. The van der Waals surface area contributed by atoms with Crippen LogP contribution in [-0.4, -0.2) is 14.7 Å². The smallest absolute Gasteiger partial charge is 0.258 e. The Bertz CT molecular complexity index is 750. The summed E-state index contributed by atoms with van der Waals surface area (Å²) < 4.78 is 53.3. The van der Waals surface area contributed by atoms with Crippen LogP contribution in [-0.2, 0) is 6.18 Å². The molecule has 0 N–H and O–H groups in total. The van der Waals surface area contributed by atoms with E-state index in [9.17, 15) is 27.7 Å². The van der Waals surface area contributed by atoms with Gasteiger partial charge in [-0.25, -0.2) is 9.07 Å². The van der Waals surface area contributed by atoms with Gasteiger partial charge >= 0.3 is 6.18 Å². The molecule has 22 heavy (non-hydrogen) atoms. The van der Waals surface area contributed by atoms with Gasteiger partial charge in [-0.15, -0.1) is 0 Å². The van der Waals surface area contributed by atoms with Crippen molar-refractivity contribution in [3.05, 3.63) is 51.6 Å². The fourth-order valence-corrected chi connectivity index (χ4v) is 2.18. The van der Waals surface area contributed by atoms with Crippen molar-refractivity contribution in [1.29, 1.82) is 0 Å². The summed E-state index contributed by atoms with van der Waals surface area (Å²) in [6.45, 7) is 0. The highest BCUT2D eigenvalue weighted by molar-refractivity contribution is 5.44. The minimum absolute atomic E-state index is 0.0989. The third-order valence-electron chi connectivity index (χ3n) is 3.39. The maximum absolute atomic E-state index is 14.0. The molecule has 2 aromatic rings. The Labute approximate surface area is 121 Å². The molecule has 0 radical (unpaired) electrons. The first-order valence-corrected chi connectivity index (χ1v) is 6.39. The van der Waals surface area contributed by atoms with Crippen molar-refractivity contribution in [2.24, 2.45) is 0 Å². The number of hydrogen-bond acceptors (Lipinski definition) is 3. The molecule has 9 heteroatoms. The maximum atomic E-state index is 14.0. The summed E-state index contributed by atoms with van der Waals surface area (Å²) in [6.07, 6.45) is -3.22. The van der Waals surface area contributed by atoms with Gasteiger partial charge in [-0.3, -0.25) is 10.1 Å². The van der Waals surface area contributed by atoms with E-state index in [1.165, 1.54) is 0 Å². The lowest BCUT2D eigenvalue weighted by atomic mass is 10.2. The molecule has 5 nitrogen and oxygen atoms in total. The molecule has 0 spiro atoms. The van der Waals surface area contributed by atoms with Crippen molar-refractivity contribution >= 4 is 5.69 Å². The van der Waals surface area contributed by atoms with Crippen molar-refractivity contribution in [2.75, 3.05) is 0 Å². The predicted octanol–water partition coefficient (Wildman–Crippen LogP) is 3.82. The highest BCUT2D eigenvalue weighted by atomic mass is 19.4. The van der Waals surface area contributed by atoms with Crippen LogP contribution < -0.4 is 0 Å². The summed E-state index contributed by atoms with van der Waals surface area (Å²) in [6, 6.07) is 3.66. The lowest BCUT2D eigenvalue weighted by Gasteiger charge is -2.07. The minimum atomic E-state index is -4.63. The van der Waals surface area contributed by atoms with E-state index in [4.69, 9.17) is 0 Å². The molecule has 116 valence electrons. The molecule has 0 bridgehead atoms. The highest BCUT2D eigenvalue weighted by Crippen LogP contribution is 2.43. The number of aromatic nitrogens is 2. The normalized spacial score (nSPS) is 15.1. The van der Waals surface area contributed by atoms with Crippen LogP contribution in [0.3, 0.4) is 0 Å². The van der Waals surface area contributed by atoms with Gasteiger partial charge in [-0.1, -0.05) is 0 Å². The molecule has 0 amide bonds. The first-order chi connectivity index (χ1) is 10.3. The van der Waals surface area contributed by atoms with Crippen LogP contribution in [0.1, 0.15) is 30.1 Å². The Morgan fingerprint density at radius 2 is 1.95 bits per heavy atom. The molecule has 1 aromatic carbocycles. The number of halogens is 4. The molecule has 0 atom stereocenters. The van der Waals surface area contributed by atoms with Crippen LogP contribution in [0.2, 0.25) is 0 Å². The van der Waals surface area contributed by atoms with Crippen LogP contribution in [0.25, 0.3) is 5.69 Å². The van der Waals surface area contributed by atoms with Crippen LogP contribution in [0, 0.1) is 15.9 Å². The summed E-state index contributed by atoms with van der Waals surface area (Å²) in [5.41, 5.74) is -1.55. The van der Waals surface area contributed by atoms with E-state index in [2.05, 4.69) is 5.10 Å². The van der Waals surface area contributed by atoms with E-state index in [0.29, 0.717) is 18.9 Å². The van der Waals surface area contributed by atoms with Gasteiger partial charge in [0.25, 0.3) is 5.69 Å². The number of nitrogens with zero attached hydrogens (tertiary/aromatic N) is 3. The first kappa shape index (κ1) is 14.5. The topological polar surface area (TPSA) is 61.0 Å².